The van der Waals surface area contributed by atoms with Crippen LogP contribution in [0.2, 0.25) is 0 Å². The SMILES string of the molecule is CCOc1c(F)ccc(CN2CCC(NC3CCNCC3)CC2)c1-c1nc2cc([N+](=O)[O-])ccc2o1. The zero-order chi connectivity index (χ0) is 25.1. The van der Waals surface area contributed by atoms with Crippen molar-refractivity contribution >= 4 is 16.8 Å². The zero-order valence-corrected chi connectivity index (χ0v) is 20.5. The number of likely N-dealkylation sites (tertiary alicyclic amines) is 1. The summed E-state index contributed by atoms with van der Waals surface area (Å²) in [7, 11) is 0. The van der Waals surface area contributed by atoms with Gasteiger partial charge in [0.05, 0.1) is 17.1 Å². The maximum Gasteiger partial charge on any atom is 0.271 e. The fourth-order valence-electron chi connectivity index (χ4n) is 5.21. The Bertz CT molecular complexity index is 1220. The van der Waals surface area contributed by atoms with Crippen LogP contribution in [-0.4, -0.2) is 59.7 Å². The predicted molar refractivity (Wildman–Crippen MR) is 135 cm³/mol. The van der Waals surface area contributed by atoms with Gasteiger partial charge in [0, 0.05) is 30.8 Å². The molecule has 0 unspecified atom stereocenters. The monoisotopic (exact) mass is 497 g/mol. The number of hydrogen-bond donors (Lipinski definition) is 2. The van der Waals surface area contributed by atoms with E-state index in [1.165, 1.54) is 37.1 Å². The highest BCUT2D eigenvalue weighted by Crippen LogP contribution is 2.38. The molecule has 2 aliphatic rings. The molecule has 0 spiro atoms. The summed E-state index contributed by atoms with van der Waals surface area (Å²) in [4.78, 5) is 17.6. The number of halogens is 1. The number of nitrogens with zero attached hydrogens (tertiary/aromatic N) is 3. The van der Waals surface area contributed by atoms with Crippen LogP contribution in [0.3, 0.4) is 0 Å². The highest BCUT2D eigenvalue weighted by Gasteiger charge is 2.26. The summed E-state index contributed by atoms with van der Waals surface area (Å²) >= 11 is 0. The van der Waals surface area contributed by atoms with Crippen molar-refractivity contribution in [3.63, 3.8) is 0 Å². The average Bonchev–Trinajstić information content (AvgIpc) is 3.31. The van der Waals surface area contributed by atoms with Crippen molar-refractivity contribution in [3.05, 3.63) is 51.8 Å². The third kappa shape index (κ3) is 5.35. The molecule has 9 nitrogen and oxygen atoms in total. The Kier molecular flexibility index (Phi) is 7.45. The molecule has 10 heteroatoms. The number of nitro benzene ring substituents is 1. The van der Waals surface area contributed by atoms with Crippen molar-refractivity contribution in [2.75, 3.05) is 32.8 Å². The Morgan fingerprint density at radius 3 is 2.67 bits per heavy atom. The van der Waals surface area contributed by atoms with Crippen LogP contribution in [0.15, 0.2) is 34.7 Å². The van der Waals surface area contributed by atoms with E-state index in [2.05, 4.69) is 20.5 Å². The van der Waals surface area contributed by atoms with Gasteiger partial charge in [-0.2, -0.15) is 0 Å². The van der Waals surface area contributed by atoms with Crippen LogP contribution in [0.5, 0.6) is 5.75 Å². The third-order valence-corrected chi connectivity index (χ3v) is 7.07. The minimum Gasteiger partial charge on any atom is -0.490 e. The fraction of sp³-hybridized carbons (Fsp3) is 0.500. The second-order valence-electron chi connectivity index (χ2n) is 9.51. The molecule has 1 aromatic heterocycles. The molecular formula is C26H32FN5O4. The average molecular weight is 498 g/mol. The number of ether oxygens (including phenoxy) is 1. The maximum atomic E-state index is 14.9. The van der Waals surface area contributed by atoms with Gasteiger partial charge in [-0.25, -0.2) is 9.37 Å². The highest BCUT2D eigenvalue weighted by atomic mass is 19.1. The van der Waals surface area contributed by atoms with Crippen molar-refractivity contribution in [1.82, 2.24) is 20.5 Å². The molecule has 3 heterocycles. The third-order valence-electron chi connectivity index (χ3n) is 7.07. The quantitative estimate of drug-likeness (QED) is 0.352. The molecular weight excluding hydrogens is 465 g/mol. The number of non-ortho nitro benzene ring substituents is 1. The lowest BCUT2D eigenvalue weighted by atomic mass is 9.99. The van der Waals surface area contributed by atoms with Crippen LogP contribution in [0, 0.1) is 15.9 Å². The number of rotatable bonds is 8. The first-order valence-electron chi connectivity index (χ1n) is 12.7. The normalized spacial score (nSPS) is 18.1. The summed E-state index contributed by atoms with van der Waals surface area (Å²) in [6.45, 7) is 6.71. The van der Waals surface area contributed by atoms with Gasteiger partial charge in [-0.3, -0.25) is 15.0 Å². The van der Waals surface area contributed by atoms with Gasteiger partial charge >= 0.3 is 0 Å². The summed E-state index contributed by atoms with van der Waals surface area (Å²) in [6.07, 6.45) is 4.47. The van der Waals surface area contributed by atoms with Gasteiger partial charge in [0.15, 0.2) is 17.1 Å². The molecule has 2 fully saturated rings. The zero-order valence-electron chi connectivity index (χ0n) is 20.5. The minimum atomic E-state index is -0.492. The lowest BCUT2D eigenvalue weighted by molar-refractivity contribution is -0.384. The van der Waals surface area contributed by atoms with E-state index in [0.717, 1.165) is 44.6 Å². The lowest BCUT2D eigenvalue weighted by Gasteiger charge is -2.36. The van der Waals surface area contributed by atoms with E-state index < -0.39 is 10.7 Å². The van der Waals surface area contributed by atoms with Crippen LogP contribution in [0.4, 0.5) is 10.1 Å². The summed E-state index contributed by atoms with van der Waals surface area (Å²) in [5, 5.41) is 18.4. The number of oxazole rings is 1. The number of piperidine rings is 2. The van der Waals surface area contributed by atoms with Gasteiger partial charge in [-0.1, -0.05) is 6.07 Å². The maximum absolute atomic E-state index is 14.9. The van der Waals surface area contributed by atoms with Crippen LogP contribution in [0.25, 0.3) is 22.6 Å². The number of hydrogen-bond acceptors (Lipinski definition) is 8. The van der Waals surface area contributed by atoms with E-state index in [-0.39, 0.29) is 23.9 Å². The number of benzene rings is 2. The predicted octanol–water partition coefficient (Wildman–Crippen LogP) is 4.25. The molecule has 2 aliphatic heterocycles. The Morgan fingerprint density at radius 2 is 1.94 bits per heavy atom. The number of fused-ring (bicyclic) bond motifs is 1. The first kappa shape index (κ1) is 24.6. The Labute approximate surface area is 209 Å². The van der Waals surface area contributed by atoms with E-state index in [4.69, 9.17) is 9.15 Å². The topological polar surface area (TPSA) is 106 Å². The van der Waals surface area contributed by atoms with E-state index in [9.17, 15) is 14.5 Å². The molecule has 2 saturated heterocycles. The van der Waals surface area contributed by atoms with Gasteiger partial charge in [0.1, 0.15) is 5.52 Å². The van der Waals surface area contributed by atoms with Crippen LogP contribution in [0.1, 0.15) is 38.2 Å². The summed E-state index contributed by atoms with van der Waals surface area (Å²) < 4.78 is 26.5. The first-order chi connectivity index (χ1) is 17.5. The van der Waals surface area contributed by atoms with E-state index in [1.807, 2.05) is 0 Å². The number of aromatic nitrogens is 1. The molecule has 0 amide bonds. The van der Waals surface area contributed by atoms with Crippen LogP contribution < -0.4 is 15.4 Å². The molecule has 192 valence electrons. The first-order valence-corrected chi connectivity index (χ1v) is 12.7. The molecule has 0 bridgehead atoms. The van der Waals surface area contributed by atoms with E-state index in [1.54, 1.807) is 13.0 Å². The van der Waals surface area contributed by atoms with Crippen LogP contribution >= 0.6 is 0 Å². The molecule has 0 aliphatic carbocycles. The van der Waals surface area contributed by atoms with Gasteiger partial charge in [-0.05, 0) is 76.5 Å². The van der Waals surface area contributed by atoms with Crippen molar-refractivity contribution in [3.8, 4) is 17.2 Å². The Balaban J connectivity index is 1.37. The molecule has 0 radical (unpaired) electrons. The second kappa shape index (κ2) is 10.9. The van der Waals surface area contributed by atoms with Crippen molar-refractivity contribution in [2.45, 2.75) is 51.2 Å². The van der Waals surface area contributed by atoms with Gasteiger partial charge < -0.3 is 19.8 Å². The van der Waals surface area contributed by atoms with Crippen LogP contribution in [-0.2, 0) is 6.54 Å². The van der Waals surface area contributed by atoms with E-state index in [0.29, 0.717) is 35.3 Å². The molecule has 0 saturated carbocycles. The summed E-state index contributed by atoms with van der Waals surface area (Å²) in [6, 6.07) is 8.53. The van der Waals surface area contributed by atoms with Gasteiger partial charge in [0.25, 0.3) is 5.69 Å². The smallest absolute Gasteiger partial charge is 0.271 e. The highest BCUT2D eigenvalue weighted by molar-refractivity contribution is 5.80. The lowest BCUT2D eigenvalue weighted by Crippen LogP contribution is -2.49. The van der Waals surface area contributed by atoms with Crippen molar-refractivity contribution in [1.29, 1.82) is 0 Å². The fourth-order valence-corrected chi connectivity index (χ4v) is 5.21. The molecule has 36 heavy (non-hydrogen) atoms. The summed E-state index contributed by atoms with van der Waals surface area (Å²) in [5.41, 5.74) is 1.99. The van der Waals surface area contributed by atoms with Crippen molar-refractivity contribution < 1.29 is 18.5 Å². The number of nitrogens with one attached hydrogen (secondary N) is 2. The number of nitro groups is 1. The standard InChI is InChI=1S/C26H32FN5O4/c1-2-35-25-21(27)5-3-17(16-31-13-9-19(10-14-31)29-18-7-11-28-12-8-18)24(25)26-30-22-15-20(32(33)34)4-6-23(22)36-26/h3-6,15,18-19,28-29H,2,7-14,16H2,1H3. The second-order valence-corrected chi connectivity index (χ2v) is 9.51. The van der Waals surface area contributed by atoms with Gasteiger partial charge in [-0.15, -0.1) is 0 Å². The summed E-state index contributed by atoms with van der Waals surface area (Å²) in [5.74, 6) is -0.196. The molecule has 3 aromatic rings. The molecule has 5 rings (SSSR count). The minimum absolute atomic E-state index is 0.0761. The molecule has 0 atom stereocenters. The molecule has 2 aromatic carbocycles. The molecule has 2 N–H and O–H groups in total. The van der Waals surface area contributed by atoms with E-state index >= 15 is 0 Å². The Hall–Kier alpha value is -3.08. The Morgan fingerprint density at radius 1 is 1.19 bits per heavy atom. The van der Waals surface area contributed by atoms with Crippen molar-refractivity contribution in [2.24, 2.45) is 0 Å². The largest absolute Gasteiger partial charge is 0.490 e. The van der Waals surface area contributed by atoms with Gasteiger partial charge in [0.2, 0.25) is 5.89 Å².